The maximum atomic E-state index is 12.2. The van der Waals surface area contributed by atoms with Crippen LogP contribution in [0.5, 0.6) is 0 Å². The van der Waals surface area contributed by atoms with Crippen molar-refractivity contribution in [3.05, 3.63) is 12.2 Å². The van der Waals surface area contributed by atoms with E-state index in [1.807, 2.05) is 26.0 Å². The Morgan fingerprint density at radius 1 is 1.53 bits per heavy atom. The highest BCUT2D eigenvalue weighted by Gasteiger charge is 2.59. The van der Waals surface area contributed by atoms with Crippen LogP contribution in [0.4, 0.5) is 0 Å². The van der Waals surface area contributed by atoms with Gasteiger partial charge in [0.1, 0.15) is 0 Å². The fourth-order valence-electron chi connectivity index (χ4n) is 2.49. The van der Waals surface area contributed by atoms with Crippen molar-refractivity contribution in [2.24, 2.45) is 5.41 Å². The summed E-state index contributed by atoms with van der Waals surface area (Å²) in [4.78, 5) is 17.7. The summed E-state index contributed by atoms with van der Waals surface area (Å²) in [6, 6.07) is 0. The van der Waals surface area contributed by atoms with Crippen LogP contribution >= 0.6 is 0 Å². The molecule has 3 heterocycles. The van der Waals surface area contributed by atoms with Crippen molar-refractivity contribution in [1.29, 1.82) is 0 Å². The molecule has 0 saturated carbocycles. The van der Waals surface area contributed by atoms with Gasteiger partial charge >= 0.3 is 0 Å². The van der Waals surface area contributed by atoms with Crippen LogP contribution < -0.4 is 0 Å². The number of hydrogen-bond acceptors (Lipinski definition) is 3. The van der Waals surface area contributed by atoms with Crippen molar-refractivity contribution < 1.29 is 14.4 Å². The Balaban J connectivity index is 2.05. The highest BCUT2D eigenvalue weighted by molar-refractivity contribution is 5.84. The van der Waals surface area contributed by atoms with Gasteiger partial charge in [0.2, 0.25) is 0 Å². The molecular weight excluding hydrogens is 194 g/mol. The van der Waals surface area contributed by atoms with Crippen molar-refractivity contribution in [2.75, 3.05) is 6.61 Å². The van der Waals surface area contributed by atoms with E-state index in [4.69, 9.17) is 9.57 Å². The number of hydroxylamine groups is 2. The molecule has 0 N–H and O–H groups in total. The average Bonchev–Trinajstić information content (AvgIpc) is 2.60. The molecule has 0 radical (unpaired) electrons. The Morgan fingerprint density at radius 3 is 3.13 bits per heavy atom. The molecule has 0 aromatic rings. The maximum Gasteiger partial charge on any atom is 0.257 e. The molecule has 82 valence electrons. The van der Waals surface area contributed by atoms with Gasteiger partial charge in [0.05, 0.1) is 18.1 Å². The number of carbonyl (C=O) groups excluding carboxylic acids is 1. The quantitative estimate of drug-likeness (QED) is 0.563. The van der Waals surface area contributed by atoms with E-state index < -0.39 is 11.1 Å². The van der Waals surface area contributed by atoms with Crippen LogP contribution in [0.3, 0.4) is 0 Å². The first-order valence-electron chi connectivity index (χ1n) is 5.41. The minimum absolute atomic E-state index is 0.0310. The van der Waals surface area contributed by atoms with Gasteiger partial charge in [-0.15, -0.1) is 0 Å². The lowest BCUT2D eigenvalue weighted by Crippen LogP contribution is -2.63. The normalized spacial score (nSPS) is 41.9. The summed E-state index contributed by atoms with van der Waals surface area (Å²) in [5.41, 5.74) is -1.12. The first-order chi connectivity index (χ1) is 7.06. The van der Waals surface area contributed by atoms with Gasteiger partial charge in [-0.25, -0.2) is 0 Å². The third kappa shape index (κ3) is 1.01. The minimum Gasteiger partial charge on any atom is -0.341 e. The van der Waals surface area contributed by atoms with E-state index in [9.17, 15) is 4.79 Å². The van der Waals surface area contributed by atoms with Crippen molar-refractivity contribution in [3.63, 3.8) is 0 Å². The second-order valence-electron chi connectivity index (χ2n) is 5.00. The van der Waals surface area contributed by atoms with Crippen LogP contribution in [0.15, 0.2) is 12.2 Å². The van der Waals surface area contributed by atoms with E-state index >= 15 is 0 Å². The van der Waals surface area contributed by atoms with Crippen LogP contribution in [-0.2, 0) is 14.4 Å². The van der Waals surface area contributed by atoms with Crippen molar-refractivity contribution in [1.82, 2.24) is 5.06 Å². The van der Waals surface area contributed by atoms with Crippen LogP contribution in [0.2, 0.25) is 0 Å². The molecule has 2 bridgehead atoms. The second kappa shape index (κ2) is 2.62. The summed E-state index contributed by atoms with van der Waals surface area (Å²) < 4.78 is 5.94. The predicted octanol–water partition coefficient (Wildman–Crippen LogP) is 1.23. The van der Waals surface area contributed by atoms with Gasteiger partial charge in [-0.1, -0.05) is 6.08 Å². The molecule has 2 fully saturated rings. The van der Waals surface area contributed by atoms with Gasteiger partial charge in [-0.3, -0.25) is 9.63 Å². The van der Waals surface area contributed by atoms with E-state index in [1.54, 1.807) is 0 Å². The largest absolute Gasteiger partial charge is 0.341 e. The van der Waals surface area contributed by atoms with Gasteiger partial charge in [-0.05, 0) is 26.3 Å². The molecule has 1 amide bonds. The number of nitrogens with zero attached hydrogens (tertiary/aromatic N) is 1. The zero-order valence-electron chi connectivity index (χ0n) is 9.03. The van der Waals surface area contributed by atoms with Crippen LogP contribution in [-0.4, -0.2) is 29.4 Å². The zero-order valence-corrected chi connectivity index (χ0v) is 9.03. The molecule has 2 atom stereocenters. The number of amides is 1. The van der Waals surface area contributed by atoms with E-state index in [2.05, 4.69) is 0 Å². The number of ether oxygens (including phenoxy) is 1. The molecule has 0 aliphatic carbocycles. The lowest BCUT2D eigenvalue weighted by Gasteiger charge is -2.50. The van der Waals surface area contributed by atoms with E-state index in [0.29, 0.717) is 6.61 Å². The first kappa shape index (κ1) is 9.36. The van der Waals surface area contributed by atoms with Gasteiger partial charge in [-0.2, -0.15) is 5.06 Å². The van der Waals surface area contributed by atoms with Gasteiger partial charge in [0.15, 0.2) is 5.72 Å². The van der Waals surface area contributed by atoms with Gasteiger partial charge in [0, 0.05) is 6.42 Å². The Hall–Kier alpha value is -0.870. The van der Waals surface area contributed by atoms with Crippen LogP contribution in [0.1, 0.15) is 26.7 Å². The summed E-state index contributed by atoms with van der Waals surface area (Å²) in [6.07, 6.45) is 5.63. The molecule has 4 nitrogen and oxygen atoms in total. The Morgan fingerprint density at radius 2 is 2.33 bits per heavy atom. The van der Waals surface area contributed by atoms with Crippen LogP contribution in [0, 0.1) is 5.41 Å². The monoisotopic (exact) mass is 209 g/mol. The lowest BCUT2D eigenvalue weighted by molar-refractivity contribution is -0.328. The zero-order chi connectivity index (χ0) is 10.7. The molecule has 3 aliphatic rings. The number of hydrogen-bond donors (Lipinski definition) is 0. The Bertz CT molecular complexity index is 350. The maximum absolute atomic E-state index is 12.2. The number of rotatable bonds is 0. The third-order valence-electron chi connectivity index (χ3n) is 3.55. The fraction of sp³-hybridized carbons (Fsp3) is 0.727. The van der Waals surface area contributed by atoms with E-state index in [-0.39, 0.29) is 12.0 Å². The molecule has 15 heavy (non-hydrogen) atoms. The van der Waals surface area contributed by atoms with Crippen LogP contribution in [0.25, 0.3) is 0 Å². The summed E-state index contributed by atoms with van der Waals surface area (Å²) in [5, 5.41) is 1.44. The molecular formula is C11H15NO3. The second-order valence-corrected chi connectivity index (χ2v) is 5.00. The molecule has 3 aliphatic heterocycles. The summed E-state index contributed by atoms with van der Waals surface area (Å²) >= 11 is 0. The average molecular weight is 209 g/mol. The SMILES string of the molecule is CC1(C)C(=O)N2OCCC[C@@]23C=C[C@@H]1O3. The predicted molar refractivity (Wildman–Crippen MR) is 52.6 cm³/mol. The van der Waals surface area contributed by atoms with Crippen molar-refractivity contribution >= 4 is 5.91 Å². The molecule has 3 rings (SSSR count). The lowest BCUT2D eigenvalue weighted by atomic mass is 9.84. The molecule has 4 heteroatoms. The Kier molecular flexibility index (Phi) is 1.64. The molecule has 1 spiro atoms. The third-order valence-corrected chi connectivity index (χ3v) is 3.55. The summed E-state index contributed by atoms with van der Waals surface area (Å²) in [6.45, 7) is 4.40. The highest BCUT2D eigenvalue weighted by Crippen LogP contribution is 2.47. The summed E-state index contributed by atoms with van der Waals surface area (Å²) in [5.74, 6) is 0.0310. The number of fused-ring (bicyclic) bond motifs is 1. The van der Waals surface area contributed by atoms with E-state index in [0.717, 1.165) is 12.8 Å². The molecule has 0 unspecified atom stereocenters. The summed E-state index contributed by atoms with van der Waals surface area (Å²) in [7, 11) is 0. The van der Waals surface area contributed by atoms with E-state index in [1.165, 1.54) is 5.06 Å². The molecule has 0 aromatic heterocycles. The first-order valence-corrected chi connectivity index (χ1v) is 5.41. The van der Waals surface area contributed by atoms with Crippen molar-refractivity contribution in [3.8, 4) is 0 Å². The minimum atomic E-state index is -0.602. The fourth-order valence-corrected chi connectivity index (χ4v) is 2.49. The van der Waals surface area contributed by atoms with Gasteiger partial charge < -0.3 is 4.74 Å². The highest BCUT2D eigenvalue weighted by atomic mass is 16.7. The number of carbonyl (C=O) groups is 1. The topological polar surface area (TPSA) is 38.8 Å². The standard InChI is InChI=1S/C11H15NO3/c1-10(2)8-4-6-11(15-8)5-3-7-14-12(11)9(10)13/h4,6,8H,3,5,7H2,1-2H3/t8-,11+/m0/s1. The van der Waals surface area contributed by atoms with Gasteiger partial charge in [0.25, 0.3) is 5.91 Å². The van der Waals surface area contributed by atoms with Crippen molar-refractivity contribution in [2.45, 2.75) is 38.5 Å². The Labute approximate surface area is 88.8 Å². The smallest absolute Gasteiger partial charge is 0.257 e. The molecule has 0 aromatic carbocycles. The molecule has 2 saturated heterocycles.